The van der Waals surface area contributed by atoms with Gasteiger partial charge in [0.25, 0.3) is 11.6 Å². The van der Waals surface area contributed by atoms with Crippen LogP contribution in [0.25, 0.3) is 0 Å². The maximum atomic E-state index is 11.2. The summed E-state index contributed by atoms with van der Waals surface area (Å²) in [5.74, 6) is -0.772. The number of benzene rings is 1. The lowest BCUT2D eigenvalue weighted by Crippen LogP contribution is -2.17. The zero-order chi connectivity index (χ0) is 11.4. The quantitative estimate of drug-likeness (QED) is 0.357. The molecule has 0 saturated heterocycles. The predicted octanol–water partition coefficient (Wildman–Crippen LogP) is 1.46. The lowest BCUT2D eigenvalue weighted by Gasteiger charge is -2.00. The molecule has 0 fully saturated rings. The van der Waals surface area contributed by atoms with E-state index in [2.05, 4.69) is 0 Å². The highest BCUT2D eigenvalue weighted by Gasteiger charge is 2.15. The zero-order valence-corrected chi connectivity index (χ0v) is 7.99. The SMILES string of the molecule is N#CNC(=O)c1cc([N+](=O)[O-])ccc1Cl. The average Bonchev–Trinajstić information content (AvgIpc) is 2.18. The van der Waals surface area contributed by atoms with Crippen molar-refractivity contribution in [2.75, 3.05) is 0 Å². The second-order valence-electron chi connectivity index (χ2n) is 2.49. The summed E-state index contributed by atoms with van der Waals surface area (Å²) in [6, 6.07) is 3.41. The van der Waals surface area contributed by atoms with Crippen LogP contribution in [-0.2, 0) is 0 Å². The molecule has 0 aliphatic heterocycles. The molecule has 15 heavy (non-hydrogen) atoms. The van der Waals surface area contributed by atoms with Crippen molar-refractivity contribution in [3.8, 4) is 6.19 Å². The van der Waals surface area contributed by atoms with Gasteiger partial charge in [0.2, 0.25) is 0 Å². The van der Waals surface area contributed by atoms with Crippen LogP contribution >= 0.6 is 11.6 Å². The normalized spacial score (nSPS) is 9.07. The molecule has 1 rings (SSSR count). The number of halogens is 1. The van der Waals surface area contributed by atoms with Gasteiger partial charge in [0.1, 0.15) is 0 Å². The number of non-ortho nitro benzene ring substituents is 1. The van der Waals surface area contributed by atoms with Crippen molar-refractivity contribution < 1.29 is 9.72 Å². The Morgan fingerprint density at radius 1 is 1.60 bits per heavy atom. The largest absolute Gasteiger partial charge is 0.270 e. The summed E-state index contributed by atoms with van der Waals surface area (Å²) in [7, 11) is 0. The van der Waals surface area contributed by atoms with Crippen molar-refractivity contribution in [2.24, 2.45) is 0 Å². The first kappa shape index (κ1) is 10.9. The first-order chi connectivity index (χ1) is 7.06. The monoisotopic (exact) mass is 225 g/mol. The number of carbonyl (C=O) groups is 1. The summed E-state index contributed by atoms with van der Waals surface area (Å²) in [6.45, 7) is 0. The van der Waals surface area contributed by atoms with Crippen molar-refractivity contribution in [3.63, 3.8) is 0 Å². The highest BCUT2D eigenvalue weighted by Crippen LogP contribution is 2.21. The molecule has 0 unspecified atom stereocenters. The number of nitrogens with zero attached hydrogens (tertiary/aromatic N) is 2. The Bertz CT molecular complexity index is 467. The highest BCUT2D eigenvalue weighted by atomic mass is 35.5. The third-order valence-corrected chi connectivity index (χ3v) is 1.90. The number of carbonyl (C=O) groups excluding carboxylic acids is 1. The molecule has 76 valence electrons. The Morgan fingerprint density at radius 3 is 2.80 bits per heavy atom. The number of amides is 1. The fraction of sp³-hybridized carbons (Fsp3) is 0. The van der Waals surface area contributed by atoms with Gasteiger partial charge in [0, 0.05) is 12.1 Å². The van der Waals surface area contributed by atoms with Crippen LogP contribution < -0.4 is 5.32 Å². The lowest BCUT2D eigenvalue weighted by atomic mass is 10.2. The molecule has 0 aliphatic carbocycles. The van der Waals surface area contributed by atoms with Gasteiger partial charge in [-0.15, -0.1) is 0 Å². The van der Waals surface area contributed by atoms with Crippen LogP contribution in [0.15, 0.2) is 18.2 Å². The van der Waals surface area contributed by atoms with Gasteiger partial charge < -0.3 is 0 Å². The van der Waals surface area contributed by atoms with Gasteiger partial charge in [-0.2, -0.15) is 5.26 Å². The van der Waals surface area contributed by atoms with Crippen LogP contribution in [0.3, 0.4) is 0 Å². The van der Waals surface area contributed by atoms with E-state index in [1.165, 1.54) is 18.3 Å². The molecule has 1 N–H and O–H groups in total. The van der Waals surface area contributed by atoms with Gasteiger partial charge in [-0.1, -0.05) is 11.6 Å². The molecular weight excluding hydrogens is 222 g/mol. The molecule has 1 aromatic carbocycles. The van der Waals surface area contributed by atoms with E-state index >= 15 is 0 Å². The Balaban J connectivity index is 3.17. The van der Waals surface area contributed by atoms with E-state index in [0.29, 0.717) is 0 Å². The predicted molar refractivity (Wildman–Crippen MR) is 51.2 cm³/mol. The lowest BCUT2D eigenvalue weighted by molar-refractivity contribution is -0.384. The summed E-state index contributed by atoms with van der Waals surface area (Å²) >= 11 is 5.64. The summed E-state index contributed by atoms with van der Waals surface area (Å²) in [4.78, 5) is 21.0. The Kier molecular flexibility index (Phi) is 3.21. The number of nitro groups is 1. The third-order valence-electron chi connectivity index (χ3n) is 1.57. The zero-order valence-electron chi connectivity index (χ0n) is 7.23. The molecule has 1 amide bonds. The summed E-state index contributed by atoms with van der Waals surface area (Å²) in [6.07, 6.45) is 1.41. The molecule has 7 heteroatoms. The van der Waals surface area contributed by atoms with Crippen LogP contribution in [0.4, 0.5) is 5.69 Å². The van der Waals surface area contributed by atoms with Crippen LogP contribution in [0.1, 0.15) is 10.4 Å². The number of hydrogen-bond donors (Lipinski definition) is 1. The minimum absolute atomic E-state index is 0.0494. The first-order valence-corrected chi connectivity index (χ1v) is 4.07. The van der Waals surface area contributed by atoms with Crippen molar-refractivity contribution in [3.05, 3.63) is 38.9 Å². The Morgan fingerprint density at radius 2 is 2.27 bits per heavy atom. The first-order valence-electron chi connectivity index (χ1n) is 3.69. The third kappa shape index (κ3) is 2.42. The number of nitro benzene ring substituents is 1. The van der Waals surface area contributed by atoms with Gasteiger partial charge in [0.15, 0.2) is 6.19 Å². The van der Waals surface area contributed by atoms with Gasteiger partial charge >= 0.3 is 0 Å². The molecule has 1 aromatic rings. The highest BCUT2D eigenvalue weighted by molar-refractivity contribution is 6.34. The summed E-state index contributed by atoms with van der Waals surface area (Å²) in [5.41, 5.74) is -0.366. The number of hydrogen-bond acceptors (Lipinski definition) is 4. The van der Waals surface area contributed by atoms with E-state index in [1.807, 2.05) is 5.32 Å². The number of rotatable bonds is 2. The second kappa shape index (κ2) is 4.39. The number of nitrogens with one attached hydrogen (secondary N) is 1. The van der Waals surface area contributed by atoms with Gasteiger partial charge in [-0.3, -0.25) is 20.2 Å². The smallest absolute Gasteiger partial charge is 0.268 e. The van der Waals surface area contributed by atoms with E-state index in [-0.39, 0.29) is 16.3 Å². The fourth-order valence-corrected chi connectivity index (χ4v) is 1.12. The molecule has 0 heterocycles. The van der Waals surface area contributed by atoms with Crippen molar-refractivity contribution in [2.45, 2.75) is 0 Å². The summed E-state index contributed by atoms with van der Waals surface area (Å²) in [5, 5.41) is 20.5. The van der Waals surface area contributed by atoms with E-state index in [4.69, 9.17) is 16.9 Å². The minimum atomic E-state index is -0.772. The van der Waals surface area contributed by atoms with Crippen LogP contribution in [0, 0.1) is 21.6 Å². The van der Waals surface area contributed by atoms with E-state index in [0.717, 1.165) is 6.07 Å². The Labute approximate surface area is 89.2 Å². The molecular formula is C8H4ClN3O3. The molecule has 0 aromatic heterocycles. The molecule has 0 aliphatic rings. The van der Waals surface area contributed by atoms with Crippen LogP contribution in [0.2, 0.25) is 5.02 Å². The molecule has 0 saturated carbocycles. The maximum Gasteiger partial charge on any atom is 0.270 e. The van der Waals surface area contributed by atoms with E-state index in [1.54, 1.807) is 0 Å². The summed E-state index contributed by atoms with van der Waals surface area (Å²) < 4.78 is 0. The molecule has 0 radical (unpaired) electrons. The minimum Gasteiger partial charge on any atom is -0.268 e. The van der Waals surface area contributed by atoms with E-state index < -0.39 is 10.8 Å². The molecule has 0 bridgehead atoms. The maximum absolute atomic E-state index is 11.2. The van der Waals surface area contributed by atoms with Gasteiger partial charge in [0.05, 0.1) is 15.5 Å². The topological polar surface area (TPSA) is 96.0 Å². The van der Waals surface area contributed by atoms with Crippen LogP contribution in [0.5, 0.6) is 0 Å². The average molecular weight is 226 g/mol. The molecule has 0 spiro atoms. The molecule has 6 nitrogen and oxygen atoms in total. The number of nitriles is 1. The molecule has 0 atom stereocenters. The van der Waals surface area contributed by atoms with Gasteiger partial charge in [-0.05, 0) is 6.07 Å². The van der Waals surface area contributed by atoms with Crippen LogP contribution in [-0.4, -0.2) is 10.8 Å². The van der Waals surface area contributed by atoms with Crippen molar-refractivity contribution >= 4 is 23.2 Å². The van der Waals surface area contributed by atoms with Gasteiger partial charge in [-0.25, -0.2) is 0 Å². The fourth-order valence-electron chi connectivity index (χ4n) is 0.919. The standard InChI is InChI=1S/C8H4ClN3O3/c9-7-2-1-5(12(14)15)3-6(7)8(13)11-4-10/h1-3H,(H,11,13). The van der Waals surface area contributed by atoms with Crippen molar-refractivity contribution in [1.82, 2.24) is 5.32 Å². The van der Waals surface area contributed by atoms with Crippen molar-refractivity contribution in [1.29, 1.82) is 5.26 Å². The second-order valence-corrected chi connectivity index (χ2v) is 2.89. The van der Waals surface area contributed by atoms with E-state index in [9.17, 15) is 14.9 Å². The Hall–Kier alpha value is -2.13.